The largest absolute Gasteiger partial charge is 0.361 e. The second kappa shape index (κ2) is 9.22. The summed E-state index contributed by atoms with van der Waals surface area (Å²) in [5.74, 6) is 1.53. The minimum Gasteiger partial charge on any atom is -0.361 e. The molecule has 2 aromatic carbocycles. The summed E-state index contributed by atoms with van der Waals surface area (Å²) in [6, 6.07) is 18.2. The van der Waals surface area contributed by atoms with Gasteiger partial charge in [-0.1, -0.05) is 35.5 Å². The number of nitrogens with one attached hydrogen (secondary N) is 1. The monoisotopic (exact) mass is 419 g/mol. The first-order valence-electron chi connectivity index (χ1n) is 10.1. The van der Waals surface area contributed by atoms with Gasteiger partial charge in [-0.15, -0.1) is 11.8 Å². The van der Waals surface area contributed by atoms with E-state index in [0.29, 0.717) is 12.1 Å². The van der Waals surface area contributed by atoms with Crippen molar-refractivity contribution in [3.63, 3.8) is 0 Å². The first-order chi connectivity index (χ1) is 14.6. The number of para-hydroxylation sites is 1. The molecule has 5 nitrogen and oxygen atoms in total. The quantitative estimate of drug-likeness (QED) is 0.309. The summed E-state index contributed by atoms with van der Waals surface area (Å²) < 4.78 is 7.47. The van der Waals surface area contributed by atoms with E-state index >= 15 is 0 Å². The molecule has 0 aliphatic heterocycles. The number of carbonyl (C=O) groups is 1. The van der Waals surface area contributed by atoms with E-state index in [0.717, 1.165) is 40.6 Å². The van der Waals surface area contributed by atoms with Gasteiger partial charge in [0.2, 0.25) is 0 Å². The summed E-state index contributed by atoms with van der Waals surface area (Å²) in [5.41, 5.74) is 3.93. The Bertz CT molecular complexity index is 1140. The first-order valence-corrected chi connectivity index (χ1v) is 11.1. The highest BCUT2D eigenvalue weighted by atomic mass is 32.2. The average molecular weight is 420 g/mol. The van der Waals surface area contributed by atoms with Crippen molar-refractivity contribution in [3.05, 3.63) is 83.4 Å². The third kappa shape index (κ3) is 4.44. The van der Waals surface area contributed by atoms with E-state index in [9.17, 15) is 4.79 Å². The van der Waals surface area contributed by atoms with Gasteiger partial charge >= 0.3 is 0 Å². The van der Waals surface area contributed by atoms with Gasteiger partial charge in [-0.3, -0.25) is 4.79 Å². The Morgan fingerprint density at radius 3 is 2.73 bits per heavy atom. The van der Waals surface area contributed by atoms with Gasteiger partial charge in [0, 0.05) is 41.0 Å². The number of amides is 1. The molecule has 0 bridgehead atoms. The van der Waals surface area contributed by atoms with E-state index in [1.807, 2.05) is 44.2 Å². The van der Waals surface area contributed by atoms with Gasteiger partial charge in [0.05, 0.1) is 11.3 Å². The molecule has 0 spiro atoms. The molecule has 0 aliphatic rings. The van der Waals surface area contributed by atoms with Gasteiger partial charge in [-0.25, -0.2) is 0 Å². The van der Waals surface area contributed by atoms with E-state index in [1.165, 1.54) is 10.9 Å². The van der Waals surface area contributed by atoms with Gasteiger partial charge in [0.25, 0.3) is 5.91 Å². The van der Waals surface area contributed by atoms with Crippen LogP contribution in [0.15, 0.2) is 70.2 Å². The maximum atomic E-state index is 12.8. The Labute approximate surface area is 180 Å². The van der Waals surface area contributed by atoms with Crippen LogP contribution in [0.1, 0.15) is 33.8 Å². The average Bonchev–Trinajstić information content (AvgIpc) is 3.32. The van der Waals surface area contributed by atoms with E-state index < -0.39 is 0 Å². The molecule has 0 atom stereocenters. The fourth-order valence-electron chi connectivity index (χ4n) is 3.52. The molecule has 1 amide bonds. The van der Waals surface area contributed by atoms with Crippen LogP contribution in [0.4, 0.5) is 0 Å². The molecule has 154 valence electrons. The SMILES string of the molecule is Cc1noc(C)c1CSc1ccccc1C(=O)NCCCn1ccc2ccccc21. The number of benzene rings is 2. The molecule has 0 saturated carbocycles. The van der Waals surface area contributed by atoms with Crippen molar-refractivity contribution in [3.8, 4) is 0 Å². The molecule has 4 rings (SSSR count). The highest BCUT2D eigenvalue weighted by Crippen LogP contribution is 2.28. The molecule has 0 radical (unpaired) electrons. The highest BCUT2D eigenvalue weighted by Gasteiger charge is 2.14. The molecule has 2 aromatic heterocycles. The van der Waals surface area contributed by atoms with Crippen LogP contribution in [0, 0.1) is 13.8 Å². The number of hydrogen-bond donors (Lipinski definition) is 1. The van der Waals surface area contributed by atoms with Crippen LogP contribution >= 0.6 is 11.8 Å². The second-order valence-electron chi connectivity index (χ2n) is 7.26. The standard InChI is InChI=1S/C24H25N3O2S/c1-17-21(18(2)29-26-17)16-30-23-11-6-4-9-20(23)24(28)25-13-7-14-27-15-12-19-8-3-5-10-22(19)27/h3-6,8-12,15H,7,13-14,16H2,1-2H3,(H,25,28). The molecular formula is C24H25N3O2S. The highest BCUT2D eigenvalue weighted by molar-refractivity contribution is 7.98. The number of aryl methyl sites for hydroxylation is 3. The molecule has 0 unspecified atom stereocenters. The van der Waals surface area contributed by atoms with E-state index in [-0.39, 0.29) is 5.91 Å². The molecule has 4 aromatic rings. The van der Waals surface area contributed by atoms with Crippen molar-refractivity contribution in [1.29, 1.82) is 0 Å². The van der Waals surface area contributed by atoms with Crippen LogP contribution in [0.2, 0.25) is 0 Å². The molecule has 0 saturated heterocycles. The van der Waals surface area contributed by atoms with Crippen molar-refractivity contribution in [1.82, 2.24) is 15.0 Å². The van der Waals surface area contributed by atoms with Crippen molar-refractivity contribution in [2.45, 2.75) is 37.5 Å². The Morgan fingerprint density at radius 2 is 1.90 bits per heavy atom. The summed E-state index contributed by atoms with van der Waals surface area (Å²) in [6.07, 6.45) is 2.98. The first kappa shape index (κ1) is 20.3. The molecule has 30 heavy (non-hydrogen) atoms. The fourth-order valence-corrected chi connectivity index (χ4v) is 4.72. The lowest BCUT2D eigenvalue weighted by atomic mass is 10.2. The van der Waals surface area contributed by atoms with Gasteiger partial charge < -0.3 is 14.4 Å². The lowest BCUT2D eigenvalue weighted by molar-refractivity contribution is 0.0950. The summed E-state index contributed by atoms with van der Waals surface area (Å²) in [4.78, 5) is 13.7. The van der Waals surface area contributed by atoms with Gasteiger partial charge in [-0.2, -0.15) is 0 Å². The summed E-state index contributed by atoms with van der Waals surface area (Å²) in [6.45, 7) is 5.37. The van der Waals surface area contributed by atoms with Crippen molar-refractivity contribution in [2.75, 3.05) is 6.54 Å². The van der Waals surface area contributed by atoms with Gasteiger partial charge in [0.15, 0.2) is 0 Å². The summed E-state index contributed by atoms with van der Waals surface area (Å²) in [5, 5.41) is 8.32. The van der Waals surface area contributed by atoms with E-state index in [1.54, 1.807) is 11.8 Å². The lowest BCUT2D eigenvalue weighted by Crippen LogP contribution is -2.25. The molecule has 0 fully saturated rings. The number of carbonyl (C=O) groups excluding carboxylic acids is 1. The maximum absolute atomic E-state index is 12.8. The predicted molar refractivity (Wildman–Crippen MR) is 121 cm³/mol. The van der Waals surface area contributed by atoms with Crippen LogP contribution in [-0.2, 0) is 12.3 Å². The molecular weight excluding hydrogens is 394 g/mol. The minimum absolute atomic E-state index is 0.0331. The summed E-state index contributed by atoms with van der Waals surface area (Å²) in [7, 11) is 0. The van der Waals surface area contributed by atoms with Gasteiger partial charge in [0.1, 0.15) is 5.76 Å². The zero-order valence-corrected chi connectivity index (χ0v) is 18.0. The third-order valence-electron chi connectivity index (χ3n) is 5.23. The normalized spacial score (nSPS) is 11.1. The predicted octanol–water partition coefficient (Wildman–Crippen LogP) is 5.36. The zero-order valence-electron chi connectivity index (χ0n) is 17.2. The topological polar surface area (TPSA) is 60.1 Å². The van der Waals surface area contributed by atoms with E-state index in [2.05, 4.69) is 45.5 Å². The summed E-state index contributed by atoms with van der Waals surface area (Å²) >= 11 is 1.64. The van der Waals surface area contributed by atoms with E-state index in [4.69, 9.17) is 4.52 Å². The number of aromatic nitrogens is 2. The number of fused-ring (bicyclic) bond motifs is 1. The number of hydrogen-bond acceptors (Lipinski definition) is 4. The smallest absolute Gasteiger partial charge is 0.252 e. The molecule has 6 heteroatoms. The Morgan fingerprint density at radius 1 is 1.10 bits per heavy atom. The van der Waals surface area contributed by atoms with Crippen molar-refractivity contribution in [2.24, 2.45) is 0 Å². The minimum atomic E-state index is -0.0331. The third-order valence-corrected chi connectivity index (χ3v) is 6.33. The van der Waals surface area contributed by atoms with Crippen LogP contribution in [-0.4, -0.2) is 22.2 Å². The Balaban J connectivity index is 1.33. The van der Waals surface area contributed by atoms with Crippen molar-refractivity contribution >= 4 is 28.6 Å². The van der Waals surface area contributed by atoms with Gasteiger partial charge in [-0.05, 0) is 49.9 Å². The fraction of sp³-hybridized carbons (Fsp3) is 0.250. The lowest BCUT2D eigenvalue weighted by Gasteiger charge is -2.11. The van der Waals surface area contributed by atoms with Crippen LogP contribution in [0.25, 0.3) is 10.9 Å². The Hall–Kier alpha value is -2.99. The number of rotatable bonds is 8. The number of thioether (sulfide) groups is 1. The Kier molecular flexibility index (Phi) is 6.23. The molecule has 2 heterocycles. The molecule has 1 N–H and O–H groups in total. The maximum Gasteiger partial charge on any atom is 0.252 e. The van der Waals surface area contributed by atoms with Crippen molar-refractivity contribution < 1.29 is 9.32 Å². The molecule has 0 aliphatic carbocycles. The second-order valence-corrected chi connectivity index (χ2v) is 8.28. The van der Waals surface area contributed by atoms with Crippen LogP contribution < -0.4 is 5.32 Å². The van der Waals surface area contributed by atoms with Crippen LogP contribution in [0.5, 0.6) is 0 Å². The number of nitrogens with zero attached hydrogens (tertiary/aromatic N) is 2. The zero-order chi connectivity index (χ0) is 20.9. The van der Waals surface area contributed by atoms with Crippen LogP contribution in [0.3, 0.4) is 0 Å².